The largest absolute Gasteiger partial charge is 0.347 e. The first-order valence-corrected chi connectivity index (χ1v) is 8.32. The molecule has 1 aromatic heterocycles. The van der Waals surface area contributed by atoms with Crippen molar-refractivity contribution in [3.05, 3.63) is 18.0 Å². The Balaban J connectivity index is 1.69. The quantitative estimate of drug-likeness (QED) is 0.833. The Bertz CT molecular complexity index is 546. The van der Waals surface area contributed by atoms with Crippen LogP contribution in [0.25, 0.3) is 0 Å². The minimum Gasteiger partial charge on any atom is -0.347 e. The lowest BCUT2D eigenvalue weighted by molar-refractivity contribution is -0.169. The SMILES string of the molecule is CCN(CC)C(=O)c1ccnc(N2CCC3(CC2)OCCO3)n1. The Morgan fingerprint density at radius 2 is 1.91 bits per heavy atom. The minimum atomic E-state index is -0.412. The minimum absolute atomic E-state index is 0.0467. The van der Waals surface area contributed by atoms with Crippen LogP contribution in [0.3, 0.4) is 0 Å². The summed E-state index contributed by atoms with van der Waals surface area (Å²) in [5, 5.41) is 0. The second kappa shape index (κ2) is 6.80. The lowest BCUT2D eigenvalue weighted by atomic mass is 10.0. The number of piperidine rings is 1. The third kappa shape index (κ3) is 3.30. The third-order valence-corrected chi connectivity index (χ3v) is 4.53. The molecule has 2 aliphatic rings. The maximum absolute atomic E-state index is 12.4. The first-order chi connectivity index (χ1) is 11.2. The summed E-state index contributed by atoms with van der Waals surface area (Å²) in [7, 11) is 0. The van der Waals surface area contributed by atoms with E-state index in [2.05, 4.69) is 14.9 Å². The number of nitrogens with zero attached hydrogens (tertiary/aromatic N) is 4. The van der Waals surface area contributed by atoms with Gasteiger partial charge < -0.3 is 19.3 Å². The molecule has 3 rings (SSSR count). The molecule has 0 saturated carbocycles. The van der Waals surface area contributed by atoms with Gasteiger partial charge in [-0.2, -0.15) is 0 Å². The van der Waals surface area contributed by atoms with Crippen molar-refractivity contribution < 1.29 is 14.3 Å². The number of hydrogen-bond acceptors (Lipinski definition) is 6. The average Bonchev–Trinajstić information content (AvgIpc) is 3.05. The summed E-state index contributed by atoms with van der Waals surface area (Å²) in [4.78, 5) is 25.1. The highest BCUT2D eigenvalue weighted by molar-refractivity contribution is 5.92. The van der Waals surface area contributed by atoms with Crippen molar-refractivity contribution in [1.82, 2.24) is 14.9 Å². The third-order valence-electron chi connectivity index (χ3n) is 4.53. The van der Waals surface area contributed by atoms with E-state index in [1.54, 1.807) is 17.2 Å². The van der Waals surface area contributed by atoms with Gasteiger partial charge in [-0.3, -0.25) is 4.79 Å². The van der Waals surface area contributed by atoms with E-state index in [1.807, 2.05) is 13.8 Å². The van der Waals surface area contributed by atoms with Gasteiger partial charge in [0.2, 0.25) is 5.95 Å². The Hall–Kier alpha value is -1.73. The first kappa shape index (κ1) is 16.1. The maximum Gasteiger partial charge on any atom is 0.272 e. The zero-order valence-corrected chi connectivity index (χ0v) is 13.8. The van der Waals surface area contributed by atoms with Gasteiger partial charge in [-0.1, -0.05) is 0 Å². The number of hydrogen-bond donors (Lipinski definition) is 0. The monoisotopic (exact) mass is 320 g/mol. The van der Waals surface area contributed by atoms with Gasteiger partial charge >= 0.3 is 0 Å². The summed E-state index contributed by atoms with van der Waals surface area (Å²) in [6.07, 6.45) is 3.25. The van der Waals surface area contributed by atoms with E-state index in [0.717, 1.165) is 25.9 Å². The zero-order chi connectivity index (χ0) is 16.3. The normalized spacial score (nSPS) is 20.0. The molecule has 3 heterocycles. The van der Waals surface area contributed by atoms with Crippen LogP contribution >= 0.6 is 0 Å². The van der Waals surface area contributed by atoms with Gasteiger partial charge in [-0.05, 0) is 19.9 Å². The summed E-state index contributed by atoms with van der Waals surface area (Å²) in [6, 6.07) is 1.68. The number of aromatic nitrogens is 2. The van der Waals surface area contributed by atoms with Crippen molar-refractivity contribution in [2.75, 3.05) is 44.3 Å². The molecule has 1 amide bonds. The Morgan fingerprint density at radius 3 is 2.52 bits per heavy atom. The topological polar surface area (TPSA) is 67.8 Å². The molecule has 0 bridgehead atoms. The number of anilines is 1. The molecular formula is C16H24N4O3. The summed E-state index contributed by atoms with van der Waals surface area (Å²) in [5.74, 6) is 0.149. The van der Waals surface area contributed by atoms with Crippen molar-refractivity contribution in [3.63, 3.8) is 0 Å². The highest BCUT2D eigenvalue weighted by atomic mass is 16.7. The van der Waals surface area contributed by atoms with Gasteiger partial charge in [0.25, 0.3) is 5.91 Å². The summed E-state index contributed by atoms with van der Waals surface area (Å²) in [5.41, 5.74) is 0.451. The molecule has 7 nitrogen and oxygen atoms in total. The van der Waals surface area contributed by atoms with Gasteiger partial charge in [-0.25, -0.2) is 9.97 Å². The van der Waals surface area contributed by atoms with Gasteiger partial charge in [0.15, 0.2) is 5.79 Å². The molecule has 2 aliphatic heterocycles. The molecule has 1 spiro atoms. The lowest BCUT2D eigenvalue weighted by Crippen LogP contribution is -2.45. The number of carbonyl (C=O) groups is 1. The predicted molar refractivity (Wildman–Crippen MR) is 85.4 cm³/mol. The van der Waals surface area contributed by atoms with E-state index in [4.69, 9.17) is 9.47 Å². The second-order valence-electron chi connectivity index (χ2n) is 5.81. The van der Waals surface area contributed by atoms with Crippen LogP contribution in [-0.4, -0.2) is 66.0 Å². The Labute approximate surface area is 136 Å². The van der Waals surface area contributed by atoms with E-state index in [9.17, 15) is 4.79 Å². The van der Waals surface area contributed by atoms with Crippen LogP contribution < -0.4 is 4.90 Å². The average molecular weight is 320 g/mol. The molecule has 0 N–H and O–H groups in total. The lowest BCUT2D eigenvalue weighted by Gasteiger charge is -2.37. The Morgan fingerprint density at radius 1 is 1.26 bits per heavy atom. The number of rotatable bonds is 4. The summed E-state index contributed by atoms with van der Waals surface area (Å²) >= 11 is 0. The van der Waals surface area contributed by atoms with Gasteiger partial charge in [0, 0.05) is 45.2 Å². The molecule has 0 aliphatic carbocycles. The van der Waals surface area contributed by atoms with Gasteiger partial charge in [-0.15, -0.1) is 0 Å². The molecule has 0 radical (unpaired) electrons. The molecule has 0 unspecified atom stereocenters. The maximum atomic E-state index is 12.4. The van der Waals surface area contributed by atoms with E-state index in [0.29, 0.717) is 37.9 Å². The number of carbonyl (C=O) groups excluding carboxylic acids is 1. The molecule has 2 fully saturated rings. The van der Waals surface area contributed by atoms with Gasteiger partial charge in [0.1, 0.15) is 5.69 Å². The molecule has 1 aromatic rings. The fourth-order valence-corrected chi connectivity index (χ4v) is 3.13. The smallest absolute Gasteiger partial charge is 0.272 e. The predicted octanol–water partition coefficient (Wildman–Crippen LogP) is 1.30. The zero-order valence-electron chi connectivity index (χ0n) is 13.8. The van der Waals surface area contributed by atoms with E-state index in [-0.39, 0.29) is 5.91 Å². The van der Waals surface area contributed by atoms with Crippen molar-refractivity contribution in [3.8, 4) is 0 Å². The van der Waals surface area contributed by atoms with Crippen LogP contribution in [0.4, 0.5) is 5.95 Å². The highest BCUT2D eigenvalue weighted by Gasteiger charge is 2.40. The van der Waals surface area contributed by atoms with Crippen LogP contribution in [0, 0.1) is 0 Å². The molecule has 7 heteroatoms. The summed E-state index contributed by atoms with van der Waals surface area (Å²) in [6.45, 7) is 8.16. The van der Waals surface area contributed by atoms with Crippen LogP contribution in [0.2, 0.25) is 0 Å². The van der Waals surface area contributed by atoms with E-state index >= 15 is 0 Å². The standard InChI is InChI=1S/C16H24N4O3/c1-3-19(4-2)14(21)13-5-8-17-15(18-13)20-9-6-16(7-10-20)22-11-12-23-16/h5,8H,3-4,6-7,9-12H2,1-2H3. The van der Waals surface area contributed by atoms with Crippen LogP contribution in [-0.2, 0) is 9.47 Å². The first-order valence-electron chi connectivity index (χ1n) is 8.32. The fourth-order valence-electron chi connectivity index (χ4n) is 3.13. The molecule has 126 valence electrons. The number of ether oxygens (including phenoxy) is 2. The van der Waals surface area contributed by atoms with Crippen LogP contribution in [0.5, 0.6) is 0 Å². The highest BCUT2D eigenvalue weighted by Crippen LogP contribution is 2.32. The second-order valence-corrected chi connectivity index (χ2v) is 5.81. The number of amides is 1. The Kier molecular flexibility index (Phi) is 4.77. The van der Waals surface area contributed by atoms with Gasteiger partial charge in [0.05, 0.1) is 13.2 Å². The fraction of sp³-hybridized carbons (Fsp3) is 0.688. The van der Waals surface area contributed by atoms with E-state index in [1.165, 1.54) is 0 Å². The van der Waals surface area contributed by atoms with E-state index < -0.39 is 5.79 Å². The van der Waals surface area contributed by atoms with Crippen molar-refractivity contribution >= 4 is 11.9 Å². The molecule has 0 aromatic carbocycles. The van der Waals surface area contributed by atoms with Crippen LogP contribution in [0.1, 0.15) is 37.2 Å². The van der Waals surface area contributed by atoms with Crippen LogP contribution in [0.15, 0.2) is 12.3 Å². The van der Waals surface area contributed by atoms with Crippen molar-refractivity contribution in [2.45, 2.75) is 32.5 Å². The molecular weight excluding hydrogens is 296 g/mol. The van der Waals surface area contributed by atoms with Crippen molar-refractivity contribution in [2.24, 2.45) is 0 Å². The molecule has 0 atom stereocenters. The molecule has 2 saturated heterocycles. The van der Waals surface area contributed by atoms with Crippen molar-refractivity contribution in [1.29, 1.82) is 0 Å². The summed E-state index contributed by atoms with van der Waals surface area (Å²) < 4.78 is 11.5. The molecule has 23 heavy (non-hydrogen) atoms.